The number of rotatable bonds is 6. The number of aromatic nitrogens is 2. The Kier molecular flexibility index (Phi) is 5.31. The Morgan fingerprint density at radius 1 is 1.33 bits per heavy atom. The van der Waals surface area contributed by atoms with Crippen molar-refractivity contribution in [2.45, 2.75) is 38.6 Å². The van der Waals surface area contributed by atoms with Crippen molar-refractivity contribution in [1.29, 1.82) is 0 Å². The average Bonchev–Trinajstić information content (AvgIpc) is 2.35. The third kappa shape index (κ3) is 3.54. The molecule has 0 radical (unpaired) electrons. The van der Waals surface area contributed by atoms with E-state index in [1.807, 2.05) is 20.8 Å². The third-order valence-electron chi connectivity index (χ3n) is 2.90. The van der Waals surface area contributed by atoms with E-state index >= 15 is 0 Å². The van der Waals surface area contributed by atoms with Crippen LogP contribution >= 0.6 is 11.6 Å². The van der Waals surface area contributed by atoms with Gasteiger partial charge < -0.3 is 15.5 Å². The van der Waals surface area contributed by atoms with Crippen molar-refractivity contribution in [2.24, 2.45) is 0 Å². The molecule has 1 rings (SSSR count). The molecule has 3 N–H and O–H groups in total. The number of halogens is 1. The van der Waals surface area contributed by atoms with Gasteiger partial charge in [0, 0.05) is 12.0 Å². The molecule has 0 aliphatic rings. The van der Waals surface area contributed by atoms with Crippen molar-refractivity contribution >= 4 is 17.4 Å². The normalized spacial score (nSPS) is 11.9. The number of hydrogen-bond acceptors (Lipinski definition) is 5. The van der Waals surface area contributed by atoms with Gasteiger partial charge in [-0.2, -0.15) is 0 Å². The quantitative estimate of drug-likeness (QED) is 0.689. The van der Waals surface area contributed by atoms with Crippen LogP contribution in [0.4, 0.5) is 5.82 Å². The van der Waals surface area contributed by atoms with E-state index in [0.717, 1.165) is 0 Å². The molecular weight excluding hydrogens is 254 g/mol. The molecule has 0 atom stereocenters. The first-order valence-corrected chi connectivity index (χ1v) is 6.38. The number of hydrogen-bond donors (Lipinski definition) is 3. The van der Waals surface area contributed by atoms with E-state index in [0.29, 0.717) is 23.2 Å². The Balaban J connectivity index is 3.03. The van der Waals surface area contributed by atoms with Gasteiger partial charge in [-0.3, -0.25) is 0 Å². The summed E-state index contributed by atoms with van der Waals surface area (Å²) in [6.45, 7) is 5.46. The molecule has 0 aliphatic heterocycles. The van der Waals surface area contributed by atoms with E-state index in [4.69, 9.17) is 11.6 Å². The summed E-state index contributed by atoms with van der Waals surface area (Å²) in [5.74, 6) is 1.30. The fraction of sp³-hybridized carbons (Fsp3) is 0.667. The van der Waals surface area contributed by atoms with Crippen LogP contribution in [-0.2, 0) is 0 Å². The first-order valence-electron chi connectivity index (χ1n) is 6.00. The Labute approximate surface area is 112 Å². The molecule has 0 amide bonds. The lowest BCUT2D eigenvalue weighted by Gasteiger charge is -2.30. The number of nitrogens with one attached hydrogen (secondary N) is 1. The predicted molar refractivity (Wildman–Crippen MR) is 71.9 cm³/mol. The second-order valence-electron chi connectivity index (χ2n) is 4.66. The van der Waals surface area contributed by atoms with Gasteiger partial charge in [0.1, 0.15) is 16.8 Å². The van der Waals surface area contributed by atoms with Crippen LogP contribution in [0.3, 0.4) is 0 Å². The number of aliphatic hydroxyl groups excluding tert-OH is 2. The van der Waals surface area contributed by atoms with Crippen molar-refractivity contribution in [3.05, 3.63) is 17.0 Å². The minimum absolute atomic E-state index is 0.156. The van der Waals surface area contributed by atoms with Crippen molar-refractivity contribution < 1.29 is 10.2 Å². The zero-order chi connectivity index (χ0) is 13.8. The molecule has 0 bridgehead atoms. The van der Waals surface area contributed by atoms with Gasteiger partial charge in [0.25, 0.3) is 0 Å². The zero-order valence-corrected chi connectivity index (χ0v) is 11.7. The SMILES string of the molecule is CCC(CO)(CO)Nc1cc(Cl)nc(C(C)C)n1. The summed E-state index contributed by atoms with van der Waals surface area (Å²) in [7, 11) is 0. The molecule has 0 saturated heterocycles. The topological polar surface area (TPSA) is 78.3 Å². The molecule has 18 heavy (non-hydrogen) atoms. The lowest BCUT2D eigenvalue weighted by Crippen LogP contribution is -2.45. The number of anilines is 1. The van der Waals surface area contributed by atoms with E-state index in [9.17, 15) is 10.2 Å². The maximum atomic E-state index is 9.39. The van der Waals surface area contributed by atoms with E-state index in [-0.39, 0.29) is 19.1 Å². The summed E-state index contributed by atoms with van der Waals surface area (Å²) in [4.78, 5) is 8.46. The molecule has 0 aromatic carbocycles. The first kappa shape index (κ1) is 15.1. The van der Waals surface area contributed by atoms with Gasteiger partial charge in [-0.1, -0.05) is 32.4 Å². The van der Waals surface area contributed by atoms with E-state index in [1.54, 1.807) is 6.07 Å². The standard InChI is InChI=1S/C12H20ClN3O2/c1-4-12(6-17,7-18)16-10-5-9(13)14-11(15-10)8(2)3/h5,8,17-18H,4,6-7H2,1-3H3,(H,14,15,16). The highest BCUT2D eigenvalue weighted by molar-refractivity contribution is 6.29. The minimum Gasteiger partial charge on any atom is -0.394 e. The lowest BCUT2D eigenvalue weighted by atomic mass is 9.98. The van der Waals surface area contributed by atoms with Gasteiger partial charge in [-0.15, -0.1) is 0 Å². The molecule has 0 saturated carbocycles. The summed E-state index contributed by atoms with van der Waals surface area (Å²) >= 11 is 5.94. The summed E-state index contributed by atoms with van der Waals surface area (Å²) in [5.41, 5.74) is -0.786. The zero-order valence-electron chi connectivity index (χ0n) is 10.9. The molecule has 1 aromatic heterocycles. The molecule has 0 unspecified atom stereocenters. The maximum Gasteiger partial charge on any atom is 0.135 e. The highest BCUT2D eigenvalue weighted by atomic mass is 35.5. The van der Waals surface area contributed by atoms with Gasteiger partial charge in [-0.25, -0.2) is 9.97 Å². The minimum atomic E-state index is -0.786. The fourth-order valence-electron chi connectivity index (χ4n) is 1.47. The second-order valence-corrected chi connectivity index (χ2v) is 5.05. The van der Waals surface area contributed by atoms with Crippen LogP contribution in [0.1, 0.15) is 38.9 Å². The van der Waals surface area contributed by atoms with Gasteiger partial charge in [0.15, 0.2) is 0 Å². The largest absolute Gasteiger partial charge is 0.394 e. The van der Waals surface area contributed by atoms with Crippen molar-refractivity contribution in [2.75, 3.05) is 18.5 Å². The van der Waals surface area contributed by atoms with Gasteiger partial charge in [0.2, 0.25) is 0 Å². The van der Waals surface area contributed by atoms with Crippen molar-refractivity contribution in [1.82, 2.24) is 9.97 Å². The molecule has 5 nitrogen and oxygen atoms in total. The van der Waals surface area contributed by atoms with Gasteiger partial charge >= 0.3 is 0 Å². The van der Waals surface area contributed by atoms with E-state index < -0.39 is 5.54 Å². The van der Waals surface area contributed by atoms with Crippen LogP contribution in [0, 0.1) is 0 Å². The molecule has 0 aliphatic carbocycles. The molecule has 1 heterocycles. The van der Waals surface area contributed by atoms with Gasteiger partial charge in [0.05, 0.1) is 18.8 Å². The van der Waals surface area contributed by atoms with Crippen LogP contribution in [0.2, 0.25) is 5.15 Å². The van der Waals surface area contributed by atoms with Gasteiger partial charge in [-0.05, 0) is 6.42 Å². The molecule has 0 spiro atoms. The second kappa shape index (κ2) is 6.31. The third-order valence-corrected chi connectivity index (χ3v) is 3.10. The molecule has 0 fully saturated rings. The Bertz CT molecular complexity index is 387. The summed E-state index contributed by atoms with van der Waals surface area (Å²) in [5, 5.41) is 22.2. The number of aliphatic hydroxyl groups is 2. The summed E-state index contributed by atoms with van der Waals surface area (Å²) in [6, 6.07) is 1.59. The van der Waals surface area contributed by atoms with Crippen LogP contribution in [0.25, 0.3) is 0 Å². The number of nitrogens with zero attached hydrogens (tertiary/aromatic N) is 2. The monoisotopic (exact) mass is 273 g/mol. The Morgan fingerprint density at radius 2 is 1.94 bits per heavy atom. The van der Waals surface area contributed by atoms with Crippen LogP contribution in [0.15, 0.2) is 6.07 Å². The van der Waals surface area contributed by atoms with Crippen LogP contribution < -0.4 is 5.32 Å². The van der Waals surface area contributed by atoms with E-state index in [2.05, 4.69) is 15.3 Å². The predicted octanol–water partition coefficient (Wildman–Crippen LogP) is 1.80. The first-order chi connectivity index (χ1) is 8.46. The fourth-order valence-corrected chi connectivity index (χ4v) is 1.66. The van der Waals surface area contributed by atoms with Crippen LogP contribution in [0.5, 0.6) is 0 Å². The Morgan fingerprint density at radius 3 is 2.39 bits per heavy atom. The average molecular weight is 274 g/mol. The molecular formula is C12H20ClN3O2. The molecule has 102 valence electrons. The summed E-state index contributed by atoms with van der Waals surface area (Å²) < 4.78 is 0. The Hall–Kier alpha value is -0.910. The van der Waals surface area contributed by atoms with Crippen molar-refractivity contribution in [3.63, 3.8) is 0 Å². The molecule has 6 heteroatoms. The maximum absolute atomic E-state index is 9.39. The highest BCUT2D eigenvalue weighted by Gasteiger charge is 2.27. The lowest BCUT2D eigenvalue weighted by molar-refractivity contribution is 0.132. The van der Waals surface area contributed by atoms with Crippen molar-refractivity contribution in [3.8, 4) is 0 Å². The smallest absolute Gasteiger partial charge is 0.135 e. The summed E-state index contributed by atoms with van der Waals surface area (Å²) in [6.07, 6.45) is 0.568. The van der Waals surface area contributed by atoms with Crippen LogP contribution in [-0.4, -0.2) is 38.9 Å². The van der Waals surface area contributed by atoms with E-state index in [1.165, 1.54) is 0 Å². The highest BCUT2D eigenvalue weighted by Crippen LogP contribution is 2.21. The molecule has 1 aromatic rings.